The van der Waals surface area contributed by atoms with Crippen LogP contribution < -0.4 is 4.90 Å². The molecule has 0 saturated carbocycles. The van der Waals surface area contributed by atoms with E-state index in [0.29, 0.717) is 0 Å². The number of rotatable bonds is 2. The number of hydrogen-bond donors (Lipinski definition) is 0. The predicted molar refractivity (Wildman–Crippen MR) is 82.7 cm³/mol. The van der Waals surface area contributed by atoms with Gasteiger partial charge in [0, 0.05) is 29.4 Å². The molecular weight excluding hydrogens is 270 g/mol. The lowest BCUT2D eigenvalue weighted by Gasteiger charge is -2.32. The van der Waals surface area contributed by atoms with Crippen molar-refractivity contribution in [3.63, 3.8) is 0 Å². The van der Waals surface area contributed by atoms with E-state index in [0.717, 1.165) is 35.8 Å². The number of ketones is 1. The third-order valence-corrected chi connectivity index (χ3v) is 4.04. The highest BCUT2D eigenvalue weighted by Crippen LogP contribution is 2.28. The summed E-state index contributed by atoms with van der Waals surface area (Å²) in [6, 6.07) is 13.9. The van der Waals surface area contributed by atoms with Crippen LogP contribution in [0.3, 0.4) is 0 Å². The van der Waals surface area contributed by atoms with Gasteiger partial charge in [-0.15, -0.1) is 0 Å². The molecule has 0 aromatic heterocycles. The van der Waals surface area contributed by atoms with Crippen LogP contribution in [-0.4, -0.2) is 12.3 Å². The van der Waals surface area contributed by atoms with E-state index in [9.17, 15) is 4.79 Å². The first-order valence-corrected chi connectivity index (χ1v) is 7.15. The summed E-state index contributed by atoms with van der Waals surface area (Å²) in [5.74, 6) is 0.113. The number of para-hydroxylation sites is 1. The molecule has 2 nitrogen and oxygen atoms in total. The van der Waals surface area contributed by atoms with Crippen molar-refractivity contribution in [2.75, 3.05) is 11.4 Å². The number of benzene rings is 2. The van der Waals surface area contributed by atoms with E-state index in [-0.39, 0.29) is 5.78 Å². The lowest BCUT2D eigenvalue weighted by molar-refractivity contribution is 0.101. The van der Waals surface area contributed by atoms with E-state index in [4.69, 9.17) is 11.6 Å². The Morgan fingerprint density at radius 1 is 1.15 bits per heavy atom. The van der Waals surface area contributed by atoms with Gasteiger partial charge >= 0.3 is 0 Å². The van der Waals surface area contributed by atoms with Gasteiger partial charge in [0.1, 0.15) is 0 Å². The molecule has 0 unspecified atom stereocenters. The van der Waals surface area contributed by atoms with E-state index in [1.165, 1.54) is 11.1 Å². The van der Waals surface area contributed by atoms with Crippen molar-refractivity contribution in [1.29, 1.82) is 0 Å². The molecule has 0 bridgehead atoms. The SMILES string of the molecule is CC(=O)c1ccccc1N1CCc2cc(Cl)ccc2C1. The molecule has 2 aromatic carbocycles. The Balaban J connectivity index is 1.95. The van der Waals surface area contributed by atoms with E-state index in [1.54, 1.807) is 6.92 Å². The maximum Gasteiger partial charge on any atom is 0.161 e. The Labute approximate surface area is 124 Å². The second-order valence-electron chi connectivity index (χ2n) is 5.16. The average Bonchev–Trinajstić information content (AvgIpc) is 2.46. The second-order valence-corrected chi connectivity index (χ2v) is 5.59. The van der Waals surface area contributed by atoms with Crippen molar-refractivity contribution >= 4 is 23.1 Å². The molecule has 1 aliphatic rings. The number of carbonyl (C=O) groups is 1. The number of carbonyl (C=O) groups excluding carboxylic acids is 1. The highest BCUT2D eigenvalue weighted by Gasteiger charge is 2.19. The zero-order valence-corrected chi connectivity index (χ0v) is 12.2. The van der Waals surface area contributed by atoms with E-state index >= 15 is 0 Å². The molecule has 1 aliphatic heterocycles. The fraction of sp³-hybridized carbons (Fsp3) is 0.235. The molecule has 0 aliphatic carbocycles. The van der Waals surface area contributed by atoms with Crippen LogP contribution in [0.2, 0.25) is 5.02 Å². The van der Waals surface area contributed by atoms with Gasteiger partial charge in [-0.05, 0) is 48.7 Å². The van der Waals surface area contributed by atoms with Crippen LogP contribution in [0.5, 0.6) is 0 Å². The van der Waals surface area contributed by atoms with Gasteiger partial charge in [-0.2, -0.15) is 0 Å². The summed E-state index contributed by atoms with van der Waals surface area (Å²) >= 11 is 6.04. The second kappa shape index (κ2) is 5.29. The summed E-state index contributed by atoms with van der Waals surface area (Å²) in [5, 5.41) is 0.793. The van der Waals surface area contributed by atoms with Crippen molar-refractivity contribution in [1.82, 2.24) is 0 Å². The first-order chi connectivity index (χ1) is 9.65. The van der Waals surface area contributed by atoms with Crippen LogP contribution in [0.4, 0.5) is 5.69 Å². The summed E-state index contributed by atoms with van der Waals surface area (Å²) in [7, 11) is 0. The minimum atomic E-state index is 0.113. The molecule has 1 heterocycles. The first-order valence-electron chi connectivity index (χ1n) is 6.77. The maximum absolute atomic E-state index is 11.8. The molecular formula is C17H16ClNO. The zero-order chi connectivity index (χ0) is 14.1. The Hall–Kier alpha value is -1.80. The fourth-order valence-electron chi connectivity index (χ4n) is 2.77. The number of anilines is 1. The summed E-state index contributed by atoms with van der Waals surface area (Å²) in [5.41, 5.74) is 4.43. The van der Waals surface area contributed by atoms with E-state index in [1.807, 2.05) is 36.4 Å². The highest BCUT2D eigenvalue weighted by molar-refractivity contribution is 6.30. The van der Waals surface area contributed by atoms with Gasteiger partial charge in [-0.3, -0.25) is 4.79 Å². The minimum absolute atomic E-state index is 0.113. The molecule has 0 amide bonds. The topological polar surface area (TPSA) is 20.3 Å². The predicted octanol–water partition coefficient (Wildman–Crippen LogP) is 4.11. The first kappa shape index (κ1) is 13.2. The van der Waals surface area contributed by atoms with Crippen molar-refractivity contribution in [2.24, 2.45) is 0 Å². The Morgan fingerprint density at radius 3 is 2.75 bits per heavy atom. The zero-order valence-electron chi connectivity index (χ0n) is 11.4. The van der Waals surface area contributed by atoms with Crippen molar-refractivity contribution < 1.29 is 4.79 Å². The number of nitrogens with zero attached hydrogens (tertiary/aromatic N) is 1. The Kier molecular flexibility index (Phi) is 3.49. The monoisotopic (exact) mass is 285 g/mol. The molecule has 0 atom stereocenters. The van der Waals surface area contributed by atoms with Crippen molar-refractivity contribution in [2.45, 2.75) is 19.9 Å². The highest BCUT2D eigenvalue weighted by atomic mass is 35.5. The summed E-state index contributed by atoms with van der Waals surface area (Å²) < 4.78 is 0. The minimum Gasteiger partial charge on any atom is -0.366 e. The van der Waals surface area contributed by atoms with E-state index < -0.39 is 0 Å². The Morgan fingerprint density at radius 2 is 1.95 bits per heavy atom. The molecule has 0 fully saturated rings. The van der Waals surface area contributed by atoms with Gasteiger partial charge in [-0.1, -0.05) is 29.8 Å². The molecule has 3 rings (SSSR count). The van der Waals surface area contributed by atoms with Crippen LogP contribution in [0, 0.1) is 0 Å². The van der Waals surface area contributed by atoms with Crippen LogP contribution in [0.15, 0.2) is 42.5 Å². The normalized spacial score (nSPS) is 14.0. The van der Waals surface area contributed by atoms with E-state index in [2.05, 4.69) is 11.0 Å². The van der Waals surface area contributed by atoms with Crippen LogP contribution in [0.1, 0.15) is 28.4 Å². The maximum atomic E-state index is 11.8. The average molecular weight is 286 g/mol. The lowest BCUT2D eigenvalue weighted by Crippen LogP contribution is -2.31. The number of hydrogen-bond acceptors (Lipinski definition) is 2. The fourth-order valence-corrected chi connectivity index (χ4v) is 2.97. The number of Topliss-reactive ketones (excluding diaryl/α,β-unsaturated/α-hetero) is 1. The molecule has 20 heavy (non-hydrogen) atoms. The van der Waals surface area contributed by atoms with Gasteiger partial charge < -0.3 is 4.90 Å². The van der Waals surface area contributed by atoms with Crippen molar-refractivity contribution in [3.8, 4) is 0 Å². The van der Waals surface area contributed by atoms with Crippen LogP contribution >= 0.6 is 11.6 Å². The third kappa shape index (κ3) is 2.44. The molecule has 0 saturated heterocycles. The Bertz CT molecular complexity index is 666. The van der Waals surface area contributed by atoms with Crippen LogP contribution in [-0.2, 0) is 13.0 Å². The number of fused-ring (bicyclic) bond motifs is 1. The molecule has 0 spiro atoms. The van der Waals surface area contributed by atoms with Gasteiger partial charge in [0.2, 0.25) is 0 Å². The molecule has 3 heteroatoms. The third-order valence-electron chi connectivity index (χ3n) is 3.80. The van der Waals surface area contributed by atoms with Crippen LogP contribution in [0.25, 0.3) is 0 Å². The molecule has 0 N–H and O–H groups in total. The quantitative estimate of drug-likeness (QED) is 0.774. The molecule has 0 radical (unpaired) electrons. The number of halogens is 1. The van der Waals surface area contributed by atoms with Gasteiger partial charge in [0.05, 0.1) is 0 Å². The van der Waals surface area contributed by atoms with Crippen molar-refractivity contribution in [3.05, 3.63) is 64.2 Å². The van der Waals surface area contributed by atoms with Gasteiger partial charge in [0.25, 0.3) is 0 Å². The molecule has 102 valence electrons. The summed E-state index contributed by atoms with van der Waals surface area (Å²) in [4.78, 5) is 14.0. The molecule has 2 aromatic rings. The standard InChI is InChI=1S/C17H16ClNO/c1-12(20)16-4-2-3-5-17(16)19-9-8-13-10-15(18)7-6-14(13)11-19/h2-7,10H,8-9,11H2,1H3. The summed E-state index contributed by atoms with van der Waals surface area (Å²) in [6.45, 7) is 3.37. The summed E-state index contributed by atoms with van der Waals surface area (Å²) in [6.07, 6.45) is 0.960. The van der Waals surface area contributed by atoms with Gasteiger partial charge in [0.15, 0.2) is 5.78 Å². The smallest absolute Gasteiger partial charge is 0.161 e. The lowest BCUT2D eigenvalue weighted by atomic mass is 9.98. The van der Waals surface area contributed by atoms with Gasteiger partial charge in [-0.25, -0.2) is 0 Å². The largest absolute Gasteiger partial charge is 0.366 e.